The van der Waals surface area contributed by atoms with Crippen LogP contribution in [0.3, 0.4) is 0 Å². The zero-order valence-corrected chi connectivity index (χ0v) is 15.9. The van der Waals surface area contributed by atoms with Crippen LogP contribution in [0.1, 0.15) is 5.56 Å². The molecule has 0 spiro atoms. The summed E-state index contributed by atoms with van der Waals surface area (Å²) in [6.07, 6.45) is 0. The smallest absolute Gasteiger partial charge is 0.225 e. The van der Waals surface area contributed by atoms with Crippen molar-refractivity contribution in [3.05, 3.63) is 96.6 Å². The number of ketones is 1. The summed E-state index contributed by atoms with van der Waals surface area (Å²) in [7, 11) is -4.03. The van der Waals surface area contributed by atoms with Gasteiger partial charge < -0.3 is 9.47 Å². The van der Waals surface area contributed by atoms with Crippen LogP contribution < -0.4 is 4.74 Å². The number of hydrogen-bond donors (Lipinski definition) is 0. The molecule has 0 heterocycles. The Hall–Kier alpha value is -2.96. The molecule has 3 aromatic rings. The largest absolute Gasteiger partial charge is 0.486 e. The molecule has 28 heavy (non-hydrogen) atoms. The van der Waals surface area contributed by atoms with Gasteiger partial charge in [0.05, 0.1) is 11.5 Å². The van der Waals surface area contributed by atoms with Crippen molar-refractivity contribution >= 4 is 15.6 Å². The lowest BCUT2D eigenvalue weighted by molar-refractivity contribution is -0.128. The number of carbonyl (C=O) groups is 1. The number of Topliss-reactive ketones (excluding diaryl/α,β-unsaturated/α-hetero) is 1. The van der Waals surface area contributed by atoms with Crippen LogP contribution in [-0.2, 0) is 26.0 Å². The highest BCUT2D eigenvalue weighted by Crippen LogP contribution is 2.20. The van der Waals surface area contributed by atoms with Crippen LogP contribution in [-0.4, -0.2) is 26.2 Å². The number of rotatable bonds is 9. The predicted molar refractivity (Wildman–Crippen MR) is 106 cm³/mol. The molecule has 3 aromatic carbocycles. The van der Waals surface area contributed by atoms with Gasteiger partial charge in [0.2, 0.25) is 21.1 Å². The maximum absolute atomic E-state index is 13.0. The highest BCUT2D eigenvalue weighted by Gasteiger charge is 2.35. The van der Waals surface area contributed by atoms with Crippen molar-refractivity contribution in [2.45, 2.75) is 16.9 Å². The first kappa shape index (κ1) is 19.8. The van der Waals surface area contributed by atoms with Crippen LogP contribution in [0, 0.1) is 0 Å². The maximum Gasteiger partial charge on any atom is 0.225 e. The molecule has 0 bridgehead atoms. The summed E-state index contributed by atoms with van der Waals surface area (Å²) in [6.45, 7) is -0.413. The van der Waals surface area contributed by atoms with Crippen molar-refractivity contribution < 1.29 is 22.7 Å². The molecule has 0 radical (unpaired) electrons. The lowest BCUT2D eigenvalue weighted by atomic mass is 10.2. The van der Waals surface area contributed by atoms with Gasteiger partial charge in [0, 0.05) is 0 Å². The molecule has 0 N–H and O–H groups in total. The van der Waals surface area contributed by atoms with Crippen molar-refractivity contribution in [2.75, 3.05) is 6.61 Å². The Labute approximate surface area is 164 Å². The molecular formula is C22H20O5S. The number of ether oxygens (including phenoxy) is 2. The summed E-state index contributed by atoms with van der Waals surface area (Å²) >= 11 is 0. The predicted octanol–water partition coefficient (Wildman–Crippen LogP) is 3.65. The molecule has 144 valence electrons. The van der Waals surface area contributed by atoms with E-state index in [0.717, 1.165) is 5.56 Å². The molecule has 0 aliphatic heterocycles. The minimum atomic E-state index is -4.03. The molecule has 5 nitrogen and oxygen atoms in total. The molecule has 0 saturated carbocycles. The molecule has 0 aliphatic carbocycles. The van der Waals surface area contributed by atoms with Crippen molar-refractivity contribution in [1.82, 2.24) is 0 Å². The number of hydrogen-bond acceptors (Lipinski definition) is 5. The molecule has 0 saturated heterocycles. The van der Waals surface area contributed by atoms with Gasteiger partial charge in [0.1, 0.15) is 5.75 Å². The van der Waals surface area contributed by atoms with E-state index in [2.05, 4.69) is 0 Å². The molecule has 6 heteroatoms. The fourth-order valence-electron chi connectivity index (χ4n) is 2.57. The van der Waals surface area contributed by atoms with Crippen LogP contribution in [0.25, 0.3) is 0 Å². The Morgan fingerprint density at radius 2 is 1.32 bits per heavy atom. The van der Waals surface area contributed by atoms with Crippen LogP contribution >= 0.6 is 0 Å². The monoisotopic (exact) mass is 396 g/mol. The quantitative estimate of drug-likeness (QED) is 0.552. The zero-order chi connectivity index (χ0) is 19.8. The van der Waals surface area contributed by atoms with E-state index in [1.54, 1.807) is 54.6 Å². The second kappa shape index (κ2) is 9.30. The normalized spacial score (nSPS) is 12.3. The summed E-state index contributed by atoms with van der Waals surface area (Å²) in [6, 6.07) is 25.6. The van der Waals surface area contributed by atoms with Gasteiger partial charge in [-0.25, -0.2) is 8.42 Å². The van der Waals surface area contributed by atoms with Gasteiger partial charge in [0.15, 0.2) is 6.61 Å². The number of sulfone groups is 1. The minimum Gasteiger partial charge on any atom is -0.486 e. The molecule has 0 fully saturated rings. The van der Waals surface area contributed by atoms with E-state index in [1.807, 2.05) is 24.3 Å². The van der Waals surface area contributed by atoms with Crippen LogP contribution in [0.4, 0.5) is 0 Å². The van der Waals surface area contributed by atoms with E-state index in [4.69, 9.17) is 9.47 Å². The lowest BCUT2D eigenvalue weighted by Gasteiger charge is -2.18. The minimum absolute atomic E-state index is 0.00531. The van der Waals surface area contributed by atoms with Crippen molar-refractivity contribution in [1.29, 1.82) is 0 Å². The van der Waals surface area contributed by atoms with Crippen molar-refractivity contribution in [3.8, 4) is 5.75 Å². The van der Waals surface area contributed by atoms with E-state index < -0.39 is 27.7 Å². The molecule has 0 aliphatic rings. The summed E-state index contributed by atoms with van der Waals surface area (Å²) in [5, 5.41) is 0. The first-order chi connectivity index (χ1) is 13.6. The Morgan fingerprint density at radius 3 is 1.93 bits per heavy atom. The Bertz CT molecular complexity index is 987. The molecule has 0 amide bonds. The average Bonchev–Trinajstić information content (AvgIpc) is 2.74. The molecule has 1 unspecified atom stereocenters. The van der Waals surface area contributed by atoms with Crippen molar-refractivity contribution in [3.63, 3.8) is 0 Å². The fraction of sp³-hybridized carbons (Fsp3) is 0.136. The fourth-order valence-corrected chi connectivity index (χ4v) is 4.02. The van der Waals surface area contributed by atoms with E-state index in [9.17, 15) is 13.2 Å². The third kappa shape index (κ3) is 5.06. The third-order valence-electron chi connectivity index (χ3n) is 3.98. The molecule has 3 rings (SSSR count). The molecular weight excluding hydrogens is 376 g/mol. The van der Waals surface area contributed by atoms with Gasteiger partial charge in [-0.2, -0.15) is 0 Å². The van der Waals surface area contributed by atoms with Crippen LogP contribution in [0.2, 0.25) is 0 Å². The van der Waals surface area contributed by atoms with Gasteiger partial charge in [-0.1, -0.05) is 66.7 Å². The molecule has 0 aromatic heterocycles. The highest BCUT2D eigenvalue weighted by molar-refractivity contribution is 7.92. The number of carbonyl (C=O) groups excluding carboxylic acids is 1. The van der Waals surface area contributed by atoms with E-state index >= 15 is 0 Å². The summed E-state index contributed by atoms with van der Waals surface area (Å²) < 4.78 is 37.0. The zero-order valence-electron chi connectivity index (χ0n) is 15.1. The van der Waals surface area contributed by atoms with E-state index in [-0.39, 0.29) is 11.5 Å². The average molecular weight is 396 g/mol. The summed E-state index contributed by atoms with van der Waals surface area (Å²) in [4.78, 5) is 12.8. The van der Waals surface area contributed by atoms with Crippen LogP contribution in [0.5, 0.6) is 5.75 Å². The topological polar surface area (TPSA) is 69.7 Å². The van der Waals surface area contributed by atoms with Gasteiger partial charge in [0.25, 0.3) is 0 Å². The summed E-state index contributed by atoms with van der Waals surface area (Å²) in [5.74, 6) is -0.182. The standard InChI is InChI=1S/C22H20O5S/c23-21(17-26-19-12-6-2-7-13-19)22(27-16-18-10-4-1-5-11-18)28(24,25)20-14-8-3-9-15-20/h1-15,22H,16-17H2. The Kier molecular flexibility index (Phi) is 6.57. The van der Waals surface area contributed by atoms with Gasteiger partial charge >= 0.3 is 0 Å². The van der Waals surface area contributed by atoms with Crippen molar-refractivity contribution in [2.24, 2.45) is 0 Å². The third-order valence-corrected chi connectivity index (χ3v) is 5.88. The van der Waals surface area contributed by atoms with Crippen LogP contribution in [0.15, 0.2) is 95.9 Å². The van der Waals surface area contributed by atoms with Gasteiger partial charge in [-0.15, -0.1) is 0 Å². The Balaban J connectivity index is 1.80. The van der Waals surface area contributed by atoms with Gasteiger partial charge in [-0.05, 0) is 29.8 Å². The highest BCUT2D eigenvalue weighted by atomic mass is 32.2. The first-order valence-electron chi connectivity index (χ1n) is 8.72. The number of benzene rings is 3. The number of para-hydroxylation sites is 1. The van der Waals surface area contributed by atoms with E-state index in [0.29, 0.717) is 5.75 Å². The summed E-state index contributed by atoms with van der Waals surface area (Å²) in [5.41, 5.74) is -0.883. The maximum atomic E-state index is 13.0. The second-order valence-corrected chi connectivity index (χ2v) is 8.04. The second-order valence-electron chi connectivity index (χ2n) is 6.05. The van der Waals surface area contributed by atoms with Gasteiger partial charge in [-0.3, -0.25) is 4.79 Å². The van der Waals surface area contributed by atoms with E-state index in [1.165, 1.54) is 12.1 Å². The first-order valence-corrected chi connectivity index (χ1v) is 10.3. The SMILES string of the molecule is O=C(COc1ccccc1)C(OCc1ccccc1)S(=O)(=O)c1ccccc1. The lowest BCUT2D eigenvalue weighted by Crippen LogP contribution is -2.36. The molecule has 1 atom stereocenters. The Morgan fingerprint density at radius 1 is 0.786 bits per heavy atom.